The summed E-state index contributed by atoms with van der Waals surface area (Å²) in [5.41, 5.74) is 0. The Hall–Kier alpha value is -1.37. The van der Waals surface area contributed by atoms with Crippen molar-refractivity contribution in [1.29, 1.82) is 0 Å². The summed E-state index contributed by atoms with van der Waals surface area (Å²) < 4.78 is 23.5. The van der Waals surface area contributed by atoms with Crippen LogP contribution in [0.15, 0.2) is 12.3 Å². The number of nitrogens with one attached hydrogen (secondary N) is 1. The van der Waals surface area contributed by atoms with Crippen LogP contribution in [-0.4, -0.2) is 48.5 Å². The van der Waals surface area contributed by atoms with E-state index < -0.39 is 9.84 Å². The molecule has 1 aromatic heterocycles. The predicted molar refractivity (Wildman–Crippen MR) is 92.6 cm³/mol. The highest BCUT2D eigenvalue weighted by atomic mass is 32.2. The van der Waals surface area contributed by atoms with E-state index in [2.05, 4.69) is 20.2 Å². The van der Waals surface area contributed by atoms with Gasteiger partial charge in [0.1, 0.15) is 5.82 Å². The zero-order valence-electron chi connectivity index (χ0n) is 13.7. The maximum Gasteiger partial charge on any atom is 0.224 e. The molecule has 1 N–H and O–H groups in total. The lowest BCUT2D eigenvalue weighted by Crippen LogP contribution is -2.37. The van der Waals surface area contributed by atoms with Crippen LogP contribution >= 0.6 is 0 Å². The van der Waals surface area contributed by atoms with E-state index in [0.29, 0.717) is 18.4 Å². The minimum absolute atomic E-state index is 0.0300. The summed E-state index contributed by atoms with van der Waals surface area (Å²) in [6, 6.07) is 2.36. The number of aromatic nitrogens is 2. The van der Waals surface area contributed by atoms with Crippen LogP contribution in [0.5, 0.6) is 0 Å². The van der Waals surface area contributed by atoms with E-state index in [4.69, 9.17) is 0 Å². The highest BCUT2D eigenvalue weighted by Gasteiger charge is 2.32. The maximum absolute atomic E-state index is 11.8. The third kappa shape index (κ3) is 4.13. The summed E-state index contributed by atoms with van der Waals surface area (Å²) in [6.45, 7) is 2.79. The molecule has 0 aromatic carbocycles. The van der Waals surface area contributed by atoms with Gasteiger partial charge in [-0.1, -0.05) is 19.3 Å². The second-order valence-corrected chi connectivity index (χ2v) is 8.79. The molecule has 0 amide bonds. The predicted octanol–water partition coefficient (Wildman–Crippen LogP) is 2.23. The molecule has 1 aliphatic carbocycles. The van der Waals surface area contributed by atoms with Crippen LogP contribution in [0.4, 0.5) is 11.8 Å². The molecule has 128 valence electrons. The monoisotopic (exact) mass is 338 g/mol. The van der Waals surface area contributed by atoms with Gasteiger partial charge in [0.05, 0.1) is 11.5 Å². The first-order valence-electron chi connectivity index (χ1n) is 8.64. The molecule has 0 radical (unpaired) electrons. The van der Waals surface area contributed by atoms with Crippen LogP contribution in [0, 0.1) is 0 Å². The van der Waals surface area contributed by atoms with Crippen molar-refractivity contribution in [2.24, 2.45) is 0 Å². The van der Waals surface area contributed by atoms with Crippen LogP contribution < -0.4 is 10.2 Å². The van der Waals surface area contributed by atoms with Crippen molar-refractivity contribution in [1.82, 2.24) is 9.97 Å². The van der Waals surface area contributed by atoms with Gasteiger partial charge in [-0.3, -0.25) is 0 Å². The van der Waals surface area contributed by atoms with Crippen molar-refractivity contribution in [3.63, 3.8) is 0 Å². The number of hydrogen-bond donors (Lipinski definition) is 1. The Balaban J connectivity index is 1.72. The van der Waals surface area contributed by atoms with E-state index in [1.807, 2.05) is 13.0 Å². The van der Waals surface area contributed by atoms with Crippen molar-refractivity contribution < 1.29 is 8.42 Å². The van der Waals surface area contributed by atoms with Gasteiger partial charge in [-0.25, -0.2) is 13.4 Å². The number of sulfone groups is 1. The third-order valence-electron chi connectivity index (χ3n) is 4.86. The smallest absolute Gasteiger partial charge is 0.224 e. The minimum atomic E-state index is -2.89. The van der Waals surface area contributed by atoms with E-state index >= 15 is 0 Å². The largest absolute Gasteiger partial charge is 0.353 e. The van der Waals surface area contributed by atoms with Gasteiger partial charge in [-0.05, 0) is 32.3 Å². The van der Waals surface area contributed by atoms with E-state index in [-0.39, 0.29) is 17.5 Å². The van der Waals surface area contributed by atoms with E-state index in [9.17, 15) is 8.42 Å². The fourth-order valence-electron chi connectivity index (χ4n) is 3.64. The van der Waals surface area contributed by atoms with Gasteiger partial charge in [-0.15, -0.1) is 0 Å². The number of rotatable bonds is 5. The van der Waals surface area contributed by atoms with Crippen molar-refractivity contribution in [3.8, 4) is 0 Å². The van der Waals surface area contributed by atoms with Gasteiger partial charge in [0.25, 0.3) is 0 Å². The molecular formula is C16H26N4O2S. The molecule has 1 saturated carbocycles. The van der Waals surface area contributed by atoms with E-state index in [0.717, 1.165) is 12.4 Å². The quantitative estimate of drug-likeness (QED) is 0.887. The van der Waals surface area contributed by atoms with Crippen LogP contribution in [0.3, 0.4) is 0 Å². The topological polar surface area (TPSA) is 75.2 Å². The zero-order valence-corrected chi connectivity index (χ0v) is 14.6. The molecule has 2 fully saturated rings. The number of nitrogens with zero attached hydrogens (tertiary/aromatic N) is 3. The Morgan fingerprint density at radius 3 is 2.70 bits per heavy atom. The summed E-state index contributed by atoms with van der Waals surface area (Å²) in [4.78, 5) is 11.1. The minimum Gasteiger partial charge on any atom is -0.353 e. The van der Waals surface area contributed by atoms with Crippen LogP contribution in [-0.2, 0) is 9.84 Å². The molecule has 3 rings (SSSR count). The zero-order chi connectivity index (χ0) is 16.3. The summed E-state index contributed by atoms with van der Waals surface area (Å²) >= 11 is 0. The molecule has 0 spiro atoms. The van der Waals surface area contributed by atoms with Gasteiger partial charge < -0.3 is 10.2 Å². The molecule has 1 aliphatic heterocycles. The lowest BCUT2D eigenvalue weighted by atomic mass is 9.96. The SMILES string of the molecule is CCN(c1ccnc(NC2CCCCC2)n1)C1CCS(=O)(=O)C1. The summed E-state index contributed by atoms with van der Waals surface area (Å²) in [6.07, 6.45) is 8.64. The van der Waals surface area contributed by atoms with E-state index in [1.54, 1.807) is 6.20 Å². The molecule has 1 aromatic rings. The normalized spacial score (nSPS) is 24.5. The summed E-state index contributed by atoms with van der Waals surface area (Å²) in [7, 11) is -2.89. The molecular weight excluding hydrogens is 312 g/mol. The van der Waals surface area contributed by atoms with Gasteiger partial charge >= 0.3 is 0 Å². The van der Waals surface area contributed by atoms with Gasteiger partial charge in [0, 0.05) is 24.8 Å². The molecule has 7 heteroatoms. The van der Waals surface area contributed by atoms with E-state index in [1.165, 1.54) is 32.1 Å². The average Bonchev–Trinajstić information content (AvgIpc) is 2.89. The first-order valence-corrected chi connectivity index (χ1v) is 10.5. The fourth-order valence-corrected chi connectivity index (χ4v) is 5.37. The lowest BCUT2D eigenvalue weighted by Gasteiger charge is -2.28. The first-order chi connectivity index (χ1) is 11.1. The Kier molecular flexibility index (Phi) is 5.04. The van der Waals surface area contributed by atoms with Gasteiger partial charge in [0.2, 0.25) is 5.95 Å². The maximum atomic E-state index is 11.8. The standard InChI is InChI=1S/C16H26N4O2S/c1-2-20(14-9-11-23(21,22)12-14)15-8-10-17-16(19-15)18-13-6-4-3-5-7-13/h8,10,13-14H,2-7,9,11-12H2,1H3,(H,17,18,19). The molecule has 23 heavy (non-hydrogen) atoms. The van der Waals surface area contributed by atoms with Crippen LogP contribution in [0.1, 0.15) is 45.4 Å². The molecule has 1 atom stereocenters. The lowest BCUT2D eigenvalue weighted by molar-refractivity contribution is 0.461. The Labute approximate surface area is 138 Å². The molecule has 0 bridgehead atoms. The first kappa shape index (κ1) is 16.5. The fraction of sp³-hybridized carbons (Fsp3) is 0.750. The van der Waals surface area contributed by atoms with Crippen LogP contribution in [0.25, 0.3) is 0 Å². The highest BCUT2D eigenvalue weighted by Crippen LogP contribution is 2.24. The Morgan fingerprint density at radius 1 is 1.26 bits per heavy atom. The van der Waals surface area contributed by atoms with Crippen molar-refractivity contribution in [2.45, 2.75) is 57.5 Å². The summed E-state index contributed by atoms with van der Waals surface area (Å²) in [5, 5.41) is 3.44. The molecule has 1 unspecified atom stereocenters. The second kappa shape index (κ2) is 7.03. The molecule has 2 aliphatic rings. The Morgan fingerprint density at radius 2 is 2.04 bits per heavy atom. The van der Waals surface area contributed by atoms with Crippen molar-refractivity contribution >= 4 is 21.6 Å². The summed E-state index contributed by atoms with van der Waals surface area (Å²) in [5.74, 6) is 2.00. The Bertz CT molecular complexity index is 629. The molecule has 6 nitrogen and oxygen atoms in total. The average molecular weight is 338 g/mol. The number of hydrogen-bond acceptors (Lipinski definition) is 6. The molecule has 1 saturated heterocycles. The van der Waals surface area contributed by atoms with Gasteiger partial charge in [-0.2, -0.15) is 4.98 Å². The molecule has 2 heterocycles. The third-order valence-corrected chi connectivity index (χ3v) is 6.61. The van der Waals surface area contributed by atoms with Crippen molar-refractivity contribution in [2.75, 3.05) is 28.3 Å². The second-order valence-electron chi connectivity index (χ2n) is 6.56. The van der Waals surface area contributed by atoms with Gasteiger partial charge in [0.15, 0.2) is 9.84 Å². The van der Waals surface area contributed by atoms with Crippen molar-refractivity contribution in [3.05, 3.63) is 12.3 Å². The number of anilines is 2. The highest BCUT2D eigenvalue weighted by molar-refractivity contribution is 7.91. The van der Waals surface area contributed by atoms with Crippen LogP contribution in [0.2, 0.25) is 0 Å².